The molecular weight excluding hydrogens is 247 g/mol. The van der Waals surface area contributed by atoms with E-state index >= 15 is 0 Å². The molecule has 0 bridgehead atoms. The van der Waals surface area contributed by atoms with Crippen LogP contribution >= 0.6 is 23.3 Å². The Kier molecular flexibility index (Phi) is 3.52. The van der Waals surface area contributed by atoms with Crippen LogP contribution in [0.5, 0.6) is 0 Å². The van der Waals surface area contributed by atoms with Gasteiger partial charge in [-0.05, 0) is 30.6 Å². The van der Waals surface area contributed by atoms with Gasteiger partial charge in [0.2, 0.25) is 0 Å². The summed E-state index contributed by atoms with van der Waals surface area (Å²) in [5.74, 6) is -0.399. The van der Waals surface area contributed by atoms with Gasteiger partial charge < -0.3 is 5.11 Å². The molecular formula is C10H9FN2OS2. The molecule has 0 aliphatic carbocycles. The van der Waals surface area contributed by atoms with Crippen molar-refractivity contribution in [2.24, 2.45) is 0 Å². The van der Waals surface area contributed by atoms with Gasteiger partial charge in [0.15, 0.2) is 4.34 Å². The lowest BCUT2D eigenvalue weighted by atomic mass is 10.1. The van der Waals surface area contributed by atoms with Crippen molar-refractivity contribution >= 4 is 23.3 Å². The lowest BCUT2D eigenvalue weighted by Gasteiger charge is -2.10. The summed E-state index contributed by atoms with van der Waals surface area (Å²) in [6.45, 7) is 1.54. The van der Waals surface area contributed by atoms with Crippen LogP contribution < -0.4 is 0 Å². The lowest BCUT2D eigenvalue weighted by molar-refractivity contribution is 0.191. The molecule has 1 unspecified atom stereocenters. The Morgan fingerprint density at radius 3 is 2.94 bits per heavy atom. The van der Waals surface area contributed by atoms with Gasteiger partial charge in [0.25, 0.3) is 0 Å². The topological polar surface area (TPSA) is 46.0 Å². The second-order valence-corrected chi connectivity index (χ2v) is 5.21. The molecule has 1 heterocycles. The average Bonchev–Trinajstić information content (AvgIpc) is 2.70. The van der Waals surface area contributed by atoms with Gasteiger partial charge in [-0.15, -0.1) is 0 Å². The first-order valence-electron chi connectivity index (χ1n) is 4.59. The zero-order valence-corrected chi connectivity index (χ0v) is 10.1. The highest BCUT2D eigenvalue weighted by Gasteiger charge is 2.15. The summed E-state index contributed by atoms with van der Waals surface area (Å²) in [5.41, 5.74) is 0.308. The summed E-state index contributed by atoms with van der Waals surface area (Å²) in [7, 11) is 0. The molecule has 16 heavy (non-hydrogen) atoms. The number of hydrogen-bond donors (Lipinski definition) is 1. The molecule has 0 aliphatic heterocycles. The molecule has 2 aromatic rings. The van der Waals surface area contributed by atoms with Gasteiger partial charge in [0.1, 0.15) is 12.1 Å². The van der Waals surface area contributed by atoms with Crippen molar-refractivity contribution in [3.8, 4) is 0 Å². The Balaban J connectivity index is 2.37. The molecule has 0 spiro atoms. The van der Waals surface area contributed by atoms with E-state index in [0.717, 1.165) is 4.34 Å². The van der Waals surface area contributed by atoms with Crippen LogP contribution in [0.25, 0.3) is 0 Å². The summed E-state index contributed by atoms with van der Waals surface area (Å²) >= 11 is 2.55. The third-order valence-electron chi connectivity index (χ3n) is 1.97. The first kappa shape index (κ1) is 11.5. The largest absolute Gasteiger partial charge is 0.389 e. The molecule has 0 aliphatic rings. The lowest BCUT2D eigenvalue weighted by Crippen LogP contribution is -1.98. The predicted molar refractivity (Wildman–Crippen MR) is 61.1 cm³/mol. The number of aromatic nitrogens is 2. The summed E-state index contributed by atoms with van der Waals surface area (Å²) < 4.78 is 18.1. The van der Waals surface area contributed by atoms with E-state index in [1.807, 2.05) is 0 Å². The van der Waals surface area contributed by atoms with E-state index in [1.165, 1.54) is 35.7 Å². The molecule has 1 N–H and O–H groups in total. The van der Waals surface area contributed by atoms with Gasteiger partial charge in [0.05, 0.1) is 6.10 Å². The molecule has 0 radical (unpaired) electrons. The van der Waals surface area contributed by atoms with Gasteiger partial charge in [0, 0.05) is 10.5 Å². The first-order chi connectivity index (χ1) is 7.68. The molecule has 0 fully saturated rings. The molecule has 0 amide bonds. The number of aliphatic hydroxyl groups excluding tert-OH is 1. The normalized spacial score (nSPS) is 12.7. The molecule has 6 heteroatoms. The quantitative estimate of drug-likeness (QED) is 0.917. The van der Waals surface area contributed by atoms with Crippen molar-refractivity contribution in [3.05, 3.63) is 35.9 Å². The van der Waals surface area contributed by atoms with Gasteiger partial charge in [-0.3, -0.25) is 0 Å². The monoisotopic (exact) mass is 256 g/mol. The average molecular weight is 256 g/mol. The van der Waals surface area contributed by atoms with Crippen LogP contribution in [0.2, 0.25) is 0 Å². The van der Waals surface area contributed by atoms with E-state index in [-0.39, 0.29) is 0 Å². The summed E-state index contributed by atoms with van der Waals surface area (Å²) in [4.78, 5) is 4.68. The van der Waals surface area contributed by atoms with E-state index in [2.05, 4.69) is 9.36 Å². The highest BCUT2D eigenvalue weighted by molar-refractivity contribution is 8.01. The molecule has 1 aromatic carbocycles. The Hall–Kier alpha value is -0.980. The Morgan fingerprint density at radius 1 is 1.50 bits per heavy atom. The van der Waals surface area contributed by atoms with Crippen molar-refractivity contribution in [1.29, 1.82) is 0 Å². The van der Waals surface area contributed by atoms with E-state index in [1.54, 1.807) is 19.1 Å². The van der Waals surface area contributed by atoms with Crippen molar-refractivity contribution < 1.29 is 9.50 Å². The SMILES string of the molecule is CC(O)c1c(F)cccc1Sc1ncns1. The van der Waals surface area contributed by atoms with Crippen molar-refractivity contribution in [2.45, 2.75) is 22.3 Å². The van der Waals surface area contributed by atoms with Crippen LogP contribution in [-0.2, 0) is 0 Å². The number of halogens is 1. The second kappa shape index (κ2) is 4.90. The molecule has 1 aromatic heterocycles. The zero-order chi connectivity index (χ0) is 11.5. The van der Waals surface area contributed by atoms with Crippen LogP contribution in [0, 0.1) is 5.82 Å². The van der Waals surface area contributed by atoms with E-state index < -0.39 is 11.9 Å². The molecule has 0 saturated carbocycles. The first-order valence-corrected chi connectivity index (χ1v) is 6.18. The van der Waals surface area contributed by atoms with Crippen molar-refractivity contribution in [1.82, 2.24) is 9.36 Å². The van der Waals surface area contributed by atoms with Crippen LogP contribution in [0.1, 0.15) is 18.6 Å². The van der Waals surface area contributed by atoms with Gasteiger partial charge in [-0.1, -0.05) is 17.8 Å². The van der Waals surface area contributed by atoms with E-state index in [4.69, 9.17) is 0 Å². The van der Waals surface area contributed by atoms with Crippen molar-refractivity contribution in [3.63, 3.8) is 0 Å². The molecule has 84 valence electrons. The predicted octanol–water partition coefficient (Wildman–Crippen LogP) is 2.88. The minimum Gasteiger partial charge on any atom is -0.389 e. The maximum Gasteiger partial charge on any atom is 0.174 e. The third-order valence-corrected chi connectivity index (χ3v) is 3.76. The Labute approximate surface area is 101 Å². The fraction of sp³-hybridized carbons (Fsp3) is 0.200. The number of benzene rings is 1. The Morgan fingerprint density at radius 2 is 2.31 bits per heavy atom. The highest BCUT2D eigenvalue weighted by Crippen LogP contribution is 2.34. The standard InChI is InChI=1S/C10H9FN2OS2/c1-6(14)9-7(11)3-2-4-8(9)15-10-12-5-13-16-10/h2-6,14H,1H3. The number of nitrogens with zero attached hydrogens (tertiary/aromatic N) is 2. The minimum atomic E-state index is -0.836. The fourth-order valence-corrected chi connectivity index (χ4v) is 2.95. The summed E-state index contributed by atoms with van der Waals surface area (Å²) in [5, 5.41) is 9.53. The van der Waals surface area contributed by atoms with Gasteiger partial charge in [-0.2, -0.15) is 4.37 Å². The van der Waals surface area contributed by atoms with Gasteiger partial charge in [-0.25, -0.2) is 9.37 Å². The van der Waals surface area contributed by atoms with E-state index in [9.17, 15) is 9.50 Å². The van der Waals surface area contributed by atoms with Crippen molar-refractivity contribution in [2.75, 3.05) is 0 Å². The Bertz CT molecular complexity index is 474. The smallest absolute Gasteiger partial charge is 0.174 e. The van der Waals surface area contributed by atoms with Crippen LogP contribution in [-0.4, -0.2) is 14.5 Å². The molecule has 2 rings (SSSR count). The van der Waals surface area contributed by atoms with E-state index in [0.29, 0.717) is 10.5 Å². The molecule has 3 nitrogen and oxygen atoms in total. The van der Waals surface area contributed by atoms with Crippen LogP contribution in [0.15, 0.2) is 33.8 Å². The number of aliphatic hydroxyl groups is 1. The second-order valence-electron chi connectivity index (χ2n) is 3.14. The van der Waals surface area contributed by atoms with Crippen LogP contribution in [0.3, 0.4) is 0 Å². The summed E-state index contributed by atoms with van der Waals surface area (Å²) in [6, 6.07) is 4.72. The molecule has 0 saturated heterocycles. The highest BCUT2D eigenvalue weighted by atomic mass is 32.2. The minimum absolute atomic E-state index is 0.308. The molecule has 1 atom stereocenters. The maximum absolute atomic E-state index is 13.5. The van der Waals surface area contributed by atoms with Crippen LogP contribution in [0.4, 0.5) is 4.39 Å². The number of hydrogen-bond acceptors (Lipinski definition) is 5. The zero-order valence-electron chi connectivity index (χ0n) is 8.42. The fourth-order valence-electron chi connectivity index (χ4n) is 1.31. The number of rotatable bonds is 3. The maximum atomic E-state index is 13.5. The third kappa shape index (κ3) is 2.40. The summed E-state index contributed by atoms with van der Waals surface area (Å²) in [6.07, 6.45) is 0.616. The van der Waals surface area contributed by atoms with Gasteiger partial charge >= 0.3 is 0 Å².